The van der Waals surface area contributed by atoms with Crippen molar-refractivity contribution in [1.82, 2.24) is 0 Å². The highest BCUT2D eigenvalue weighted by Crippen LogP contribution is 2.27. The van der Waals surface area contributed by atoms with Gasteiger partial charge in [0.15, 0.2) is 6.29 Å². The summed E-state index contributed by atoms with van der Waals surface area (Å²) < 4.78 is 21.3. The lowest BCUT2D eigenvalue weighted by Gasteiger charge is -2.42. The molecule has 0 unspecified atom stereocenters. The first-order valence-electron chi connectivity index (χ1n) is 4.97. The molecule has 92 valence electrons. The van der Waals surface area contributed by atoms with E-state index in [0.29, 0.717) is 0 Å². The van der Waals surface area contributed by atoms with E-state index in [0.717, 1.165) is 0 Å². The Morgan fingerprint density at radius 3 is 2.19 bits per heavy atom. The van der Waals surface area contributed by atoms with Gasteiger partial charge in [0.2, 0.25) is 0 Å². The van der Waals surface area contributed by atoms with Gasteiger partial charge in [-0.15, -0.1) is 0 Å². The Hall–Kier alpha value is -0.850. The number of nitrogens with zero attached hydrogens (tertiary/aromatic N) is 3. The van der Waals surface area contributed by atoms with Gasteiger partial charge in [0.05, 0.1) is 18.2 Å². The Morgan fingerprint density at radius 1 is 1.12 bits per heavy atom. The fraction of sp³-hybridized carbons (Fsp3) is 1.00. The van der Waals surface area contributed by atoms with Crippen molar-refractivity contribution in [2.24, 2.45) is 5.11 Å². The summed E-state index contributed by atoms with van der Waals surface area (Å²) >= 11 is 0. The maximum Gasteiger partial charge on any atom is 0.186 e. The Kier molecular flexibility index (Phi) is 4.98. The summed E-state index contributed by atoms with van der Waals surface area (Å²) in [4.78, 5) is 2.80. The highest BCUT2D eigenvalue weighted by atomic mass is 16.7. The average molecular weight is 231 g/mol. The van der Waals surface area contributed by atoms with Crippen LogP contribution >= 0.6 is 0 Å². The largest absolute Gasteiger partial charge is 0.378 e. The third kappa shape index (κ3) is 2.45. The molecule has 0 radical (unpaired) electrons. The minimum atomic E-state index is -0.518. The minimum Gasteiger partial charge on any atom is -0.378 e. The molecule has 1 rings (SSSR count). The molecule has 1 aliphatic heterocycles. The van der Waals surface area contributed by atoms with Crippen LogP contribution in [0.2, 0.25) is 0 Å². The number of ether oxygens (including phenoxy) is 4. The van der Waals surface area contributed by atoms with E-state index in [4.69, 9.17) is 24.5 Å². The fourth-order valence-corrected chi connectivity index (χ4v) is 1.91. The molecule has 0 aliphatic carbocycles. The zero-order chi connectivity index (χ0) is 12.1. The molecule has 7 heteroatoms. The van der Waals surface area contributed by atoms with E-state index in [1.165, 1.54) is 14.2 Å². The molecule has 0 aromatic rings. The van der Waals surface area contributed by atoms with E-state index in [2.05, 4.69) is 10.0 Å². The van der Waals surface area contributed by atoms with Gasteiger partial charge in [-0.3, -0.25) is 0 Å². The predicted molar refractivity (Wildman–Crippen MR) is 55.9 cm³/mol. The van der Waals surface area contributed by atoms with Crippen molar-refractivity contribution in [1.29, 1.82) is 0 Å². The van der Waals surface area contributed by atoms with Crippen LogP contribution in [-0.4, -0.2) is 52.0 Å². The summed E-state index contributed by atoms with van der Waals surface area (Å²) in [7, 11) is 4.61. The molecule has 1 fully saturated rings. The summed E-state index contributed by atoms with van der Waals surface area (Å²) in [5.74, 6) is 0. The molecule has 16 heavy (non-hydrogen) atoms. The normalized spacial score (nSPS) is 39.1. The van der Waals surface area contributed by atoms with E-state index < -0.39 is 18.4 Å². The lowest BCUT2D eigenvalue weighted by atomic mass is 9.97. The Balaban J connectivity index is 2.92. The third-order valence-corrected chi connectivity index (χ3v) is 2.72. The first kappa shape index (κ1) is 13.2. The van der Waals surface area contributed by atoms with Crippen molar-refractivity contribution in [3.8, 4) is 0 Å². The van der Waals surface area contributed by atoms with Crippen molar-refractivity contribution in [2.75, 3.05) is 21.3 Å². The fourth-order valence-electron chi connectivity index (χ4n) is 1.91. The molecule has 7 nitrogen and oxygen atoms in total. The summed E-state index contributed by atoms with van der Waals surface area (Å²) in [5.41, 5.74) is 8.51. The standard InChI is InChI=1S/C9H17N3O4/c1-5-6(11-12-10)7(13-2)8(14-3)9(15-4)16-5/h5-9H,1-4H3/t5-,6+,7+,8-,9+/m1/s1. The van der Waals surface area contributed by atoms with Gasteiger partial charge >= 0.3 is 0 Å². The minimum absolute atomic E-state index is 0.280. The molecule has 5 atom stereocenters. The zero-order valence-electron chi connectivity index (χ0n) is 9.86. The number of methoxy groups -OCH3 is 3. The first-order valence-corrected chi connectivity index (χ1v) is 4.97. The molecular formula is C9H17N3O4. The van der Waals surface area contributed by atoms with Gasteiger partial charge in [0.1, 0.15) is 6.10 Å². The maximum absolute atomic E-state index is 8.51. The Morgan fingerprint density at radius 2 is 1.75 bits per heavy atom. The highest BCUT2D eigenvalue weighted by Gasteiger charge is 2.44. The van der Waals surface area contributed by atoms with E-state index in [9.17, 15) is 0 Å². The molecule has 0 saturated carbocycles. The third-order valence-electron chi connectivity index (χ3n) is 2.72. The average Bonchev–Trinajstić information content (AvgIpc) is 2.30. The van der Waals surface area contributed by atoms with Crippen molar-refractivity contribution < 1.29 is 18.9 Å². The van der Waals surface area contributed by atoms with E-state index in [1.54, 1.807) is 7.11 Å². The second-order valence-corrected chi connectivity index (χ2v) is 3.54. The second-order valence-electron chi connectivity index (χ2n) is 3.54. The SMILES string of the molecule is CO[C@H]1O[C@H](C)[C@H](N=[N+]=[N-])[C@H](OC)[C@H]1OC. The number of azide groups is 1. The molecule has 0 N–H and O–H groups in total. The molecule has 1 aliphatic rings. The summed E-state index contributed by atoms with van der Waals surface area (Å²) in [6, 6.07) is -0.425. The van der Waals surface area contributed by atoms with Gasteiger partial charge in [-0.25, -0.2) is 0 Å². The monoisotopic (exact) mass is 231 g/mol. The smallest absolute Gasteiger partial charge is 0.186 e. The van der Waals surface area contributed by atoms with Crippen LogP contribution in [0, 0.1) is 0 Å². The molecule has 0 amide bonds. The van der Waals surface area contributed by atoms with Crippen LogP contribution in [-0.2, 0) is 18.9 Å². The summed E-state index contributed by atoms with van der Waals surface area (Å²) in [6.07, 6.45) is -1.59. The van der Waals surface area contributed by atoms with Crippen LogP contribution in [0.15, 0.2) is 5.11 Å². The number of hydrogen-bond acceptors (Lipinski definition) is 5. The quantitative estimate of drug-likeness (QED) is 0.411. The topological polar surface area (TPSA) is 85.7 Å². The van der Waals surface area contributed by atoms with Gasteiger partial charge in [-0.1, -0.05) is 5.11 Å². The lowest BCUT2D eigenvalue weighted by molar-refractivity contribution is -0.270. The second kappa shape index (κ2) is 6.03. The molecule has 0 spiro atoms. The Labute approximate surface area is 94.2 Å². The van der Waals surface area contributed by atoms with Crippen LogP contribution < -0.4 is 0 Å². The van der Waals surface area contributed by atoms with Gasteiger partial charge in [-0.2, -0.15) is 0 Å². The summed E-state index contributed by atoms with van der Waals surface area (Å²) in [5, 5.41) is 3.68. The molecule has 1 heterocycles. The molecule has 1 saturated heterocycles. The van der Waals surface area contributed by atoms with E-state index in [-0.39, 0.29) is 12.2 Å². The molecule has 0 aromatic heterocycles. The molecule has 0 bridgehead atoms. The van der Waals surface area contributed by atoms with Gasteiger partial charge < -0.3 is 18.9 Å². The van der Waals surface area contributed by atoms with Gasteiger partial charge in [-0.05, 0) is 12.5 Å². The van der Waals surface area contributed by atoms with Crippen molar-refractivity contribution in [2.45, 2.75) is 37.6 Å². The highest BCUT2D eigenvalue weighted by molar-refractivity contribution is 4.94. The van der Waals surface area contributed by atoms with Crippen molar-refractivity contribution in [3.63, 3.8) is 0 Å². The summed E-state index contributed by atoms with van der Waals surface area (Å²) in [6.45, 7) is 1.81. The van der Waals surface area contributed by atoms with E-state index >= 15 is 0 Å². The van der Waals surface area contributed by atoms with Crippen LogP contribution in [0.1, 0.15) is 6.92 Å². The molecular weight excluding hydrogens is 214 g/mol. The predicted octanol–water partition coefficient (Wildman–Crippen LogP) is 1.09. The zero-order valence-corrected chi connectivity index (χ0v) is 9.86. The lowest BCUT2D eigenvalue weighted by Crippen LogP contribution is -2.57. The van der Waals surface area contributed by atoms with Crippen molar-refractivity contribution >= 4 is 0 Å². The van der Waals surface area contributed by atoms with Crippen LogP contribution in [0.25, 0.3) is 10.4 Å². The first-order chi connectivity index (χ1) is 7.69. The maximum atomic E-state index is 8.51. The molecule has 0 aromatic carbocycles. The van der Waals surface area contributed by atoms with E-state index in [1.807, 2.05) is 6.92 Å². The van der Waals surface area contributed by atoms with Crippen molar-refractivity contribution in [3.05, 3.63) is 10.4 Å². The van der Waals surface area contributed by atoms with Crippen LogP contribution in [0.4, 0.5) is 0 Å². The van der Waals surface area contributed by atoms with Crippen LogP contribution in [0.3, 0.4) is 0 Å². The van der Waals surface area contributed by atoms with Crippen LogP contribution in [0.5, 0.6) is 0 Å². The van der Waals surface area contributed by atoms with Gasteiger partial charge in [0, 0.05) is 26.2 Å². The van der Waals surface area contributed by atoms with Gasteiger partial charge in [0.25, 0.3) is 0 Å². The Bertz CT molecular complexity index is 269. The number of rotatable bonds is 4. The number of hydrogen-bond donors (Lipinski definition) is 0.